The van der Waals surface area contributed by atoms with E-state index >= 15 is 0 Å². The summed E-state index contributed by atoms with van der Waals surface area (Å²) in [6, 6.07) is 0. The van der Waals surface area contributed by atoms with Gasteiger partial charge in [-0.2, -0.15) is 0 Å². The number of rotatable bonds is 7. The van der Waals surface area contributed by atoms with Gasteiger partial charge in [0, 0.05) is 17.3 Å². The van der Waals surface area contributed by atoms with Crippen LogP contribution in [0, 0.1) is 11.8 Å². The fourth-order valence-electron chi connectivity index (χ4n) is 1.56. The second-order valence-electron chi connectivity index (χ2n) is 4.42. The predicted octanol–water partition coefficient (Wildman–Crippen LogP) is 2.87. The number of alkyl halides is 1. The lowest BCUT2D eigenvalue weighted by Crippen LogP contribution is -2.09. The van der Waals surface area contributed by atoms with Crippen LogP contribution in [-0.4, -0.2) is 25.8 Å². The lowest BCUT2D eigenvalue weighted by atomic mass is 9.95. The third-order valence-electron chi connectivity index (χ3n) is 2.15. The first-order valence-corrected chi connectivity index (χ1v) is 8.27. The molecule has 0 saturated heterocycles. The van der Waals surface area contributed by atoms with E-state index in [-0.39, 0.29) is 0 Å². The monoisotopic (exact) mass is 284 g/mol. The van der Waals surface area contributed by atoms with Crippen molar-refractivity contribution in [3.63, 3.8) is 0 Å². The molecule has 0 aromatic heterocycles. The molecule has 2 nitrogen and oxygen atoms in total. The molecule has 0 amide bonds. The molecule has 0 saturated carbocycles. The summed E-state index contributed by atoms with van der Waals surface area (Å²) in [5, 5.41) is 0.981. The van der Waals surface area contributed by atoms with Crippen molar-refractivity contribution in [2.75, 3.05) is 17.3 Å². The van der Waals surface area contributed by atoms with E-state index in [9.17, 15) is 8.42 Å². The van der Waals surface area contributed by atoms with Crippen molar-refractivity contribution in [3.05, 3.63) is 0 Å². The summed E-state index contributed by atoms with van der Waals surface area (Å²) >= 11 is 3.48. The third kappa shape index (κ3) is 9.00. The zero-order chi connectivity index (χ0) is 11.2. The number of hydrogen-bond acceptors (Lipinski definition) is 2. The van der Waals surface area contributed by atoms with Crippen LogP contribution in [0.3, 0.4) is 0 Å². The van der Waals surface area contributed by atoms with E-state index in [1.165, 1.54) is 12.7 Å². The number of hydrogen-bond donors (Lipinski definition) is 0. The highest BCUT2D eigenvalue weighted by Crippen LogP contribution is 2.19. The molecule has 86 valence electrons. The molecule has 0 aromatic carbocycles. The van der Waals surface area contributed by atoms with Crippen molar-refractivity contribution in [1.29, 1.82) is 0 Å². The minimum Gasteiger partial charge on any atom is -0.229 e. The van der Waals surface area contributed by atoms with Crippen molar-refractivity contribution in [1.82, 2.24) is 0 Å². The fraction of sp³-hybridized carbons (Fsp3) is 1.00. The predicted molar refractivity (Wildman–Crippen MR) is 65.7 cm³/mol. The van der Waals surface area contributed by atoms with Crippen molar-refractivity contribution in [3.8, 4) is 0 Å². The minimum atomic E-state index is -2.77. The molecule has 0 rings (SSSR count). The Balaban J connectivity index is 3.74. The van der Waals surface area contributed by atoms with E-state index in [1.54, 1.807) is 0 Å². The molecule has 0 aliphatic carbocycles. The van der Waals surface area contributed by atoms with Gasteiger partial charge in [-0.25, -0.2) is 8.42 Å². The zero-order valence-electron chi connectivity index (χ0n) is 9.29. The first kappa shape index (κ1) is 14.4. The average Bonchev–Trinajstić information content (AvgIpc) is 1.99. The molecule has 1 unspecified atom stereocenters. The fourth-order valence-corrected chi connectivity index (χ4v) is 2.84. The Morgan fingerprint density at radius 3 is 2.21 bits per heavy atom. The van der Waals surface area contributed by atoms with Crippen molar-refractivity contribution < 1.29 is 8.42 Å². The van der Waals surface area contributed by atoms with Crippen molar-refractivity contribution in [2.24, 2.45) is 11.8 Å². The Hall–Kier alpha value is 0.430. The molecule has 1 atom stereocenters. The summed E-state index contributed by atoms with van der Waals surface area (Å²) in [7, 11) is -2.77. The van der Waals surface area contributed by atoms with Gasteiger partial charge in [0.2, 0.25) is 0 Å². The molecule has 0 radical (unpaired) electrons. The molecule has 0 spiro atoms. The van der Waals surface area contributed by atoms with E-state index in [4.69, 9.17) is 0 Å². The molecular formula is C10H21BrO2S. The normalized spacial score (nSPS) is 14.6. The highest BCUT2D eigenvalue weighted by molar-refractivity contribution is 9.09. The van der Waals surface area contributed by atoms with Gasteiger partial charge in [0.05, 0.1) is 0 Å². The second kappa shape index (κ2) is 6.83. The molecule has 0 bridgehead atoms. The van der Waals surface area contributed by atoms with Gasteiger partial charge in [0.25, 0.3) is 0 Å². The molecule has 4 heteroatoms. The largest absolute Gasteiger partial charge is 0.229 e. The average molecular weight is 285 g/mol. The molecule has 0 heterocycles. The summed E-state index contributed by atoms with van der Waals surface area (Å²) in [5.41, 5.74) is 0. The maximum absolute atomic E-state index is 10.9. The van der Waals surface area contributed by atoms with Gasteiger partial charge in [0.1, 0.15) is 9.84 Å². The topological polar surface area (TPSA) is 34.1 Å². The van der Waals surface area contributed by atoms with Gasteiger partial charge in [0.15, 0.2) is 0 Å². The van der Waals surface area contributed by atoms with Crippen LogP contribution < -0.4 is 0 Å². The highest BCUT2D eigenvalue weighted by atomic mass is 79.9. The van der Waals surface area contributed by atoms with E-state index < -0.39 is 9.84 Å². The summed E-state index contributed by atoms with van der Waals surface area (Å²) in [6.07, 6.45) is 4.28. The molecule has 0 aliphatic heterocycles. The van der Waals surface area contributed by atoms with Crippen LogP contribution in [0.15, 0.2) is 0 Å². The lowest BCUT2D eigenvalue weighted by Gasteiger charge is -2.15. The molecule has 0 aromatic rings. The lowest BCUT2D eigenvalue weighted by molar-refractivity contribution is 0.419. The Bertz CT molecular complexity index is 235. The third-order valence-corrected chi connectivity index (χ3v) is 4.10. The Labute approximate surface area is 96.5 Å². The minimum absolute atomic E-state index is 0.328. The standard InChI is InChI=1S/C10H21BrO2S/c1-9(2)7-10(8-11)5-4-6-14(3,12)13/h9-10H,4-8H2,1-3H3. The van der Waals surface area contributed by atoms with Crippen molar-refractivity contribution >= 4 is 25.8 Å². The SMILES string of the molecule is CC(C)CC(CBr)CCCS(C)(=O)=O. The van der Waals surface area contributed by atoms with Crippen LogP contribution in [0.5, 0.6) is 0 Å². The van der Waals surface area contributed by atoms with E-state index in [1.807, 2.05) is 0 Å². The zero-order valence-corrected chi connectivity index (χ0v) is 11.7. The quantitative estimate of drug-likeness (QED) is 0.674. The van der Waals surface area contributed by atoms with E-state index in [0.717, 1.165) is 18.2 Å². The number of sulfone groups is 1. The van der Waals surface area contributed by atoms with E-state index in [0.29, 0.717) is 17.6 Å². The second-order valence-corrected chi connectivity index (χ2v) is 7.33. The summed E-state index contributed by atoms with van der Waals surface area (Å²) in [6.45, 7) is 4.40. The summed E-state index contributed by atoms with van der Waals surface area (Å²) in [4.78, 5) is 0. The molecule has 0 aliphatic rings. The smallest absolute Gasteiger partial charge is 0.147 e. The molecule has 14 heavy (non-hydrogen) atoms. The van der Waals surface area contributed by atoms with Gasteiger partial charge >= 0.3 is 0 Å². The summed E-state index contributed by atoms with van der Waals surface area (Å²) < 4.78 is 21.8. The van der Waals surface area contributed by atoms with Crippen LogP contribution in [0.25, 0.3) is 0 Å². The Kier molecular flexibility index (Phi) is 7.04. The van der Waals surface area contributed by atoms with Crippen LogP contribution in [0.2, 0.25) is 0 Å². The van der Waals surface area contributed by atoms with Gasteiger partial charge in [-0.1, -0.05) is 29.8 Å². The molecule has 0 fully saturated rings. The summed E-state index contributed by atoms with van der Waals surface area (Å²) in [5.74, 6) is 1.64. The van der Waals surface area contributed by atoms with E-state index in [2.05, 4.69) is 29.8 Å². The van der Waals surface area contributed by atoms with Gasteiger partial charge in [-0.15, -0.1) is 0 Å². The van der Waals surface area contributed by atoms with Crippen LogP contribution >= 0.6 is 15.9 Å². The van der Waals surface area contributed by atoms with Crippen LogP contribution in [0.4, 0.5) is 0 Å². The maximum atomic E-state index is 10.9. The van der Waals surface area contributed by atoms with Crippen molar-refractivity contribution in [2.45, 2.75) is 33.1 Å². The van der Waals surface area contributed by atoms with Crippen LogP contribution in [-0.2, 0) is 9.84 Å². The van der Waals surface area contributed by atoms with Gasteiger partial charge in [-0.05, 0) is 31.1 Å². The Morgan fingerprint density at radius 2 is 1.86 bits per heavy atom. The molecular weight excluding hydrogens is 264 g/mol. The van der Waals surface area contributed by atoms with Gasteiger partial charge in [-0.3, -0.25) is 0 Å². The maximum Gasteiger partial charge on any atom is 0.147 e. The number of halogens is 1. The van der Waals surface area contributed by atoms with Gasteiger partial charge < -0.3 is 0 Å². The first-order chi connectivity index (χ1) is 6.35. The highest BCUT2D eigenvalue weighted by Gasteiger charge is 2.10. The van der Waals surface area contributed by atoms with Crippen LogP contribution in [0.1, 0.15) is 33.1 Å². The Morgan fingerprint density at radius 1 is 1.29 bits per heavy atom. The molecule has 0 N–H and O–H groups in total. The first-order valence-electron chi connectivity index (χ1n) is 5.09.